The van der Waals surface area contributed by atoms with E-state index in [1.54, 1.807) is 24.3 Å². The Hall–Kier alpha value is -1.82. The number of hydrogen-bond acceptors (Lipinski definition) is 6. The van der Waals surface area contributed by atoms with Gasteiger partial charge in [-0.1, -0.05) is 73.9 Å². The second-order valence-electron chi connectivity index (χ2n) is 13.1. The molecule has 0 aliphatic carbocycles. The molecule has 10 heteroatoms. The lowest BCUT2D eigenvalue weighted by Gasteiger charge is -2.23. The largest absolute Gasteiger partial charge is 0.744 e. The number of aryl methyl sites for hydroxylation is 2. The molecule has 242 valence electrons. The molecule has 0 N–H and O–H groups in total. The van der Waals surface area contributed by atoms with Crippen LogP contribution in [0.2, 0.25) is 0 Å². The Kier molecular flexibility index (Phi) is 18.6. The second-order valence-corrected chi connectivity index (χ2v) is 15.9. The number of benzene rings is 2. The average molecular weight is 629 g/mol. The Labute approximate surface area is 257 Å². The molecule has 0 bridgehead atoms. The second kappa shape index (κ2) is 19.5. The van der Waals surface area contributed by atoms with Gasteiger partial charge in [-0.2, -0.15) is 0 Å². The van der Waals surface area contributed by atoms with Crippen LogP contribution in [0.3, 0.4) is 0 Å². The highest BCUT2D eigenvalue weighted by Gasteiger charge is 2.06. The van der Waals surface area contributed by atoms with Crippen molar-refractivity contribution in [3.8, 4) is 0 Å². The minimum Gasteiger partial charge on any atom is -0.744 e. The lowest BCUT2D eigenvalue weighted by atomic mass is 10.1. The maximum atomic E-state index is 10.4. The molecule has 0 atom stereocenters. The van der Waals surface area contributed by atoms with Gasteiger partial charge in [-0.05, 0) is 63.8 Å². The Morgan fingerprint density at radius 2 is 0.667 bits per heavy atom. The van der Waals surface area contributed by atoms with Gasteiger partial charge in [0.1, 0.15) is 20.2 Å². The van der Waals surface area contributed by atoms with Gasteiger partial charge in [0.25, 0.3) is 0 Å². The van der Waals surface area contributed by atoms with Gasteiger partial charge in [-0.3, -0.25) is 0 Å². The first-order valence-electron chi connectivity index (χ1n) is 14.9. The normalized spacial score (nSPS) is 12.1. The molecular weight excluding hydrogens is 572 g/mol. The monoisotopic (exact) mass is 628 g/mol. The van der Waals surface area contributed by atoms with Crippen LogP contribution in [0, 0.1) is 13.8 Å². The van der Waals surface area contributed by atoms with Crippen LogP contribution < -0.4 is 0 Å². The number of unbranched alkanes of at least 4 members (excludes halogenated alkanes) is 9. The molecule has 0 fully saturated rings. The third-order valence-electron chi connectivity index (χ3n) is 6.53. The summed E-state index contributed by atoms with van der Waals surface area (Å²) in [6.45, 7) is 6.29. The first-order valence-corrected chi connectivity index (χ1v) is 17.7. The zero-order valence-electron chi connectivity index (χ0n) is 27.3. The van der Waals surface area contributed by atoms with Crippen molar-refractivity contribution in [1.82, 2.24) is 0 Å². The number of nitrogens with zero attached hydrogens (tertiary/aromatic N) is 2. The van der Waals surface area contributed by atoms with Crippen LogP contribution in [0.15, 0.2) is 58.3 Å². The molecule has 0 spiro atoms. The van der Waals surface area contributed by atoms with Crippen LogP contribution in [0.25, 0.3) is 0 Å². The maximum absolute atomic E-state index is 10.4. The molecule has 0 amide bonds. The van der Waals surface area contributed by atoms with Crippen molar-refractivity contribution in [2.75, 3.05) is 55.4 Å². The highest BCUT2D eigenvalue weighted by atomic mass is 32.2. The number of quaternary nitrogens is 2. The van der Waals surface area contributed by atoms with Crippen molar-refractivity contribution in [1.29, 1.82) is 0 Å². The molecule has 0 heterocycles. The van der Waals surface area contributed by atoms with E-state index in [9.17, 15) is 25.9 Å². The third-order valence-corrected chi connectivity index (χ3v) is 8.23. The SMILES string of the molecule is C[N+](C)(C)CCCCCCCCCCCC[N+](C)(C)C.Cc1ccc(S(=O)(=O)[O-])cc1.Cc1ccc(S(=O)(=O)[O-])cc1. The topological polar surface area (TPSA) is 114 Å². The molecule has 0 aromatic heterocycles. The quantitative estimate of drug-likeness (QED) is 0.134. The van der Waals surface area contributed by atoms with Gasteiger partial charge in [0, 0.05) is 0 Å². The Morgan fingerprint density at radius 3 is 0.857 bits per heavy atom. The summed E-state index contributed by atoms with van der Waals surface area (Å²) in [6, 6.07) is 11.6. The van der Waals surface area contributed by atoms with Crippen molar-refractivity contribution in [3.05, 3.63) is 59.7 Å². The van der Waals surface area contributed by atoms with E-state index >= 15 is 0 Å². The predicted octanol–water partition coefficient (Wildman–Crippen LogP) is 6.10. The van der Waals surface area contributed by atoms with E-state index in [-0.39, 0.29) is 9.79 Å². The van der Waals surface area contributed by atoms with E-state index < -0.39 is 20.2 Å². The third kappa shape index (κ3) is 23.7. The number of rotatable bonds is 15. The molecule has 2 aromatic carbocycles. The van der Waals surface area contributed by atoms with E-state index in [1.807, 2.05) is 13.8 Å². The van der Waals surface area contributed by atoms with Gasteiger partial charge >= 0.3 is 0 Å². The van der Waals surface area contributed by atoms with Gasteiger partial charge in [0.15, 0.2) is 0 Å². The number of hydrogen-bond donors (Lipinski definition) is 0. The fraction of sp³-hybridized carbons (Fsp3) is 0.625. The van der Waals surface area contributed by atoms with Gasteiger partial charge in [0.05, 0.1) is 65.2 Å². The summed E-state index contributed by atoms with van der Waals surface area (Å²) in [5.41, 5.74) is 1.86. The van der Waals surface area contributed by atoms with Gasteiger partial charge < -0.3 is 18.1 Å². The van der Waals surface area contributed by atoms with Gasteiger partial charge in [-0.25, -0.2) is 16.8 Å². The van der Waals surface area contributed by atoms with Crippen molar-refractivity contribution in [2.45, 2.75) is 87.8 Å². The van der Waals surface area contributed by atoms with Crippen LogP contribution >= 0.6 is 0 Å². The Balaban J connectivity index is 0.000000645. The highest BCUT2D eigenvalue weighted by Crippen LogP contribution is 2.12. The molecular formula is C32H56N2O6S2. The van der Waals surface area contributed by atoms with Gasteiger partial charge in [-0.15, -0.1) is 0 Å². The van der Waals surface area contributed by atoms with Crippen LogP contribution in [0.1, 0.15) is 75.3 Å². The average Bonchev–Trinajstić information content (AvgIpc) is 2.83. The molecule has 0 unspecified atom stereocenters. The molecule has 0 aliphatic heterocycles. The summed E-state index contributed by atoms with van der Waals surface area (Å²) in [4.78, 5) is -0.355. The van der Waals surface area contributed by atoms with E-state index in [4.69, 9.17) is 0 Å². The Bertz CT molecular complexity index is 1100. The van der Waals surface area contributed by atoms with Crippen LogP contribution in [0.4, 0.5) is 0 Å². The lowest BCUT2D eigenvalue weighted by molar-refractivity contribution is -0.870. The highest BCUT2D eigenvalue weighted by molar-refractivity contribution is 7.86. The van der Waals surface area contributed by atoms with Crippen molar-refractivity contribution < 1.29 is 34.9 Å². The van der Waals surface area contributed by atoms with Gasteiger partial charge in [0.2, 0.25) is 0 Å². The molecule has 2 aromatic rings. The van der Waals surface area contributed by atoms with Crippen LogP contribution in [0.5, 0.6) is 0 Å². The summed E-state index contributed by atoms with van der Waals surface area (Å²) in [5, 5.41) is 0. The Morgan fingerprint density at radius 1 is 0.452 bits per heavy atom. The van der Waals surface area contributed by atoms with Crippen molar-refractivity contribution in [2.24, 2.45) is 0 Å². The van der Waals surface area contributed by atoms with Crippen LogP contribution in [-0.4, -0.2) is 90.3 Å². The smallest absolute Gasteiger partial charge is 0.124 e. The predicted molar refractivity (Wildman–Crippen MR) is 170 cm³/mol. The fourth-order valence-electron chi connectivity index (χ4n) is 4.00. The maximum Gasteiger partial charge on any atom is 0.124 e. The summed E-state index contributed by atoms with van der Waals surface area (Å²) < 4.78 is 64.6. The van der Waals surface area contributed by atoms with Crippen molar-refractivity contribution >= 4 is 20.2 Å². The summed E-state index contributed by atoms with van der Waals surface area (Å²) >= 11 is 0. The first-order chi connectivity index (χ1) is 19.2. The molecule has 0 radical (unpaired) electrons. The molecule has 2 rings (SSSR count). The standard InChI is InChI=1S/C18H42N2.2C7H8O3S/c1-19(2,3)17-15-13-11-9-7-8-10-12-14-16-18-20(4,5)6;2*1-6-2-4-7(5-3-6)11(8,9)10/h7-18H2,1-6H3;2*2-5H,1H3,(H,8,9,10)/q+2;;/p-2. The molecule has 0 saturated carbocycles. The molecule has 0 aliphatic rings. The lowest BCUT2D eigenvalue weighted by Crippen LogP contribution is -2.35. The molecule has 42 heavy (non-hydrogen) atoms. The first kappa shape index (κ1) is 40.2. The summed E-state index contributed by atoms with van der Waals surface area (Å²) in [5.74, 6) is 0. The summed E-state index contributed by atoms with van der Waals surface area (Å²) in [7, 11) is 5.20. The zero-order chi connectivity index (χ0) is 32.5. The summed E-state index contributed by atoms with van der Waals surface area (Å²) in [6.07, 6.45) is 14.4. The zero-order valence-corrected chi connectivity index (χ0v) is 28.9. The minimum absolute atomic E-state index is 0.178. The van der Waals surface area contributed by atoms with E-state index in [1.165, 1.54) is 102 Å². The van der Waals surface area contributed by atoms with E-state index in [0.29, 0.717) is 0 Å². The molecule has 8 nitrogen and oxygen atoms in total. The molecule has 0 saturated heterocycles. The minimum atomic E-state index is -4.27. The van der Waals surface area contributed by atoms with Crippen molar-refractivity contribution in [3.63, 3.8) is 0 Å². The van der Waals surface area contributed by atoms with Crippen LogP contribution in [-0.2, 0) is 20.2 Å². The van der Waals surface area contributed by atoms with E-state index in [2.05, 4.69) is 42.3 Å². The van der Waals surface area contributed by atoms with E-state index in [0.717, 1.165) is 20.1 Å². The fourth-order valence-corrected chi connectivity index (χ4v) is 4.94.